The van der Waals surface area contributed by atoms with Gasteiger partial charge < -0.3 is 5.11 Å². The zero-order valence-corrected chi connectivity index (χ0v) is 11.7. The minimum absolute atomic E-state index is 0.0282. The molecule has 2 heterocycles. The Kier molecular flexibility index (Phi) is 4.38. The van der Waals surface area contributed by atoms with Crippen LogP contribution in [-0.4, -0.2) is 42.5 Å². The van der Waals surface area contributed by atoms with Crippen LogP contribution in [0.15, 0.2) is 18.3 Å². The van der Waals surface area contributed by atoms with Crippen LogP contribution < -0.4 is 4.72 Å². The lowest BCUT2D eigenvalue weighted by Crippen LogP contribution is -2.43. The Balaban J connectivity index is 2.09. The summed E-state index contributed by atoms with van der Waals surface area (Å²) in [6.45, 7) is 2.70. The Morgan fingerprint density at radius 1 is 1.58 bits per heavy atom. The van der Waals surface area contributed by atoms with Crippen molar-refractivity contribution in [2.45, 2.75) is 19.8 Å². The molecular weight excluding hydrogens is 266 g/mol. The first-order chi connectivity index (χ1) is 9.01. The van der Waals surface area contributed by atoms with Gasteiger partial charge in [-0.05, 0) is 37.8 Å². The molecule has 1 saturated heterocycles. The smallest absolute Gasteiger partial charge is 0.301 e. The predicted octanol–water partition coefficient (Wildman–Crippen LogP) is 0.751. The van der Waals surface area contributed by atoms with Crippen molar-refractivity contribution in [1.29, 1.82) is 0 Å². The number of rotatable bonds is 4. The molecular formula is C12H19N3O3S. The highest BCUT2D eigenvalue weighted by Gasteiger charge is 2.28. The molecule has 0 spiro atoms. The molecule has 0 aliphatic carbocycles. The fourth-order valence-electron chi connectivity index (χ4n) is 2.22. The molecule has 2 rings (SSSR count). The third-order valence-electron chi connectivity index (χ3n) is 3.22. The van der Waals surface area contributed by atoms with E-state index in [1.54, 1.807) is 25.3 Å². The number of nitrogens with one attached hydrogen (secondary N) is 1. The van der Waals surface area contributed by atoms with Crippen molar-refractivity contribution in [2.75, 3.05) is 24.4 Å². The number of hydrogen-bond donors (Lipinski definition) is 2. The van der Waals surface area contributed by atoms with Crippen LogP contribution in [0.3, 0.4) is 0 Å². The second-order valence-electron chi connectivity index (χ2n) is 4.84. The van der Waals surface area contributed by atoms with Crippen molar-refractivity contribution in [2.24, 2.45) is 5.92 Å². The molecule has 106 valence electrons. The minimum Gasteiger partial charge on any atom is -0.396 e. The molecule has 0 amide bonds. The third-order valence-corrected chi connectivity index (χ3v) is 4.73. The second kappa shape index (κ2) is 5.85. The molecule has 0 aromatic carbocycles. The summed E-state index contributed by atoms with van der Waals surface area (Å²) < 4.78 is 28.4. The van der Waals surface area contributed by atoms with Gasteiger partial charge in [-0.25, -0.2) is 0 Å². The average molecular weight is 285 g/mol. The summed E-state index contributed by atoms with van der Waals surface area (Å²) in [6.07, 6.45) is 3.22. The van der Waals surface area contributed by atoms with E-state index in [4.69, 9.17) is 5.11 Å². The molecule has 7 heteroatoms. The van der Waals surface area contributed by atoms with Crippen molar-refractivity contribution in [3.8, 4) is 0 Å². The highest BCUT2D eigenvalue weighted by atomic mass is 32.2. The summed E-state index contributed by atoms with van der Waals surface area (Å²) in [5.41, 5.74) is 1.27. The van der Waals surface area contributed by atoms with E-state index in [-0.39, 0.29) is 12.5 Å². The van der Waals surface area contributed by atoms with E-state index in [1.807, 2.05) is 0 Å². The highest BCUT2D eigenvalue weighted by molar-refractivity contribution is 7.90. The molecule has 6 nitrogen and oxygen atoms in total. The van der Waals surface area contributed by atoms with E-state index in [9.17, 15) is 8.42 Å². The number of aromatic nitrogens is 1. The molecule has 1 aromatic rings. The lowest BCUT2D eigenvalue weighted by atomic mass is 10.0. The molecule has 1 fully saturated rings. The number of aryl methyl sites for hydroxylation is 1. The van der Waals surface area contributed by atoms with E-state index in [0.717, 1.165) is 18.5 Å². The summed E-state index contributed by atoms with van der Waals surface area (Å²) in [5.74, 6) is 0.0319. The Morgan fingerprint density at radius 3 is 3.05 bits per heavy atom. The number of aliphatic hydroxyl groups excluding tert-OH is 1. The van der Waals surface area contributed by atoms with Crippen molar-refractivity contribution in [1.82, 2.24) is 9.29 Å². The maximum atomic E-state index is 12.2. The van der Waals surface area contributed by atoms with E-state index >= 15 is 0 Å². The van der Waals surface area contributed by atoms with Crippen molar-refractivity contribution in [3.63, 3.8) is 0 Å². The first kappa shape index (κ1) is 14.2. The molecule has 1 aliphatic rings. The van der Waals surface area contributed by atoms with Gasteiger partial charge in [-0.1, -0.05) is 0 Å². The first-order valence-corrected chi connectivity index (χ1v) is 7.76. The van der Waals surface area contributed by atoms with E-state index in [0.29, 0.717) is 18.8 Å². The molecule has 1 aromatic heterocycles. The van der Waals surface area contributed by atoms with Crippen LogP contribution in [0.2, 0.25) is 0 Å². The maximum Gasteiger partial charge on any atom is 0.301 e. The Hall–Kier alpha value is -1.18. The number of nitrogens with zero attached hydrogens (tertiary/aromatic N) is 2. The topological polar surface area (TPSA) is 82.5 Å². The van der Waals surface area contributed by atoms with Gasteiger partial charge in [-0.15, -0.1) is 0 Å². The molecule has 1 unspecified atom stereocenters. The fourth-order valence-corrected chi connectivity index (χ4v) is 3.55. The number of aliphatic hydroxyl groups is 1. The Morgan fingerprint density at radius 2 is 2.37 bits per heavy atom. The fraction of sp³-hybridized carbons (Fsp3) is 0.583. The predicted molar refractivity (Wildman–Crippen MR) is 72.9 cm³/mol. The van der Waals surface area contributed by atoms with Gasteiger partial charge in [0, 0.05) is 31.6 Å². The normalized spacial score (nSPS) is 21.3. The van der Waals surface area contributed by atoms with Crippen molar-refractivity contribution < 1.29 is 13.5 Å². The molecule has 2 N–H and O–H groups in total. The summed E-state index contributed by atoms with van der Waals surface area (Å²) in [5, 5.41) is 9.15. The van der Waals surface area contributed by atoms with Crippen LogP contribution in [0.5, 0.6) is 0 Å². The summed E-state index contributed by atoms with van der Waals surface area (Å²) in [7, 11) is -3.55. The number of hydrogen-bond acceptors (Lipinski definition) is 4. The molecule has 0 bridgehead atoms. The number of pyridine rings is 1. The van der Waals surface area contributed by atoms with Crippen molar-refractivity contribution in [3.05, 3.63) is 24.0 Å². The molecule has 0 radical (unpaired) electrons. The van der Waals surface area contributed by atoms with E-state index in [1.165, 1.54) is 4.31 Å². The van der Waals surface area contributed by atoms with Crippen LogP contribution in [0.25, 0.3) is 0 Å². The van der Waals surface area contributed by atoms with Gasteiger partial charge in [0.05, 0.1) is 5.69 Å². The lowest BCUT2D eigenvalue weighted by Gasteiger charge is -2.31. The maximum absolute atomic E-state index is 12.2. The van der Waals surface area contributed by atoms with Crippen LogP contribution in [0.1, 0.15) is 18.5 Å². The van der Waals surface area contributed by atoms with Gasteiger partial charge in [0.1, 0.15) is 0 Å². The quantitative estimate of drug-likeness (QED) is 0.855. The summed E-state index contributed by atoms with van der Waals surface area (Å²) in [6, 6.07) is 3.31. The van der Waals surface area contributed by atoms with E-state index in [2.05, 4.69) is 9.71 Å². The number of anilines is 1. The first-order valence-electron chi connectivity index (χ1n) is 6.32. The van der Waals surface area contributed by atoms with Gasteiger partial charge in [0.15, 0.2) is 0 Å². The molecule has 1 atom stereocenters. The van der Waals surface area contributed by atoms with Crippen molar-refractivity contribution >= 4 is 15.9 Å². The summed E-state index contributed by atoms with van der Waals surface area (Å²) in [4.78, 5) is 4.03. The molecule has 0 saturated carbocycles. The zero-order chi connectivity index (χ0) is 13.9. The minimum atomic E-state index is -3.55. The van der Waals surface area contributed by atoms with Crippen LogP contribution in [0.4, 0.5) is 5.69 Å². The van der Waals surface area contributed by atoms with Crippen LogP contribution in [0, 0.1) is 12.8 Å². The SMILES string of the molecule is Cc1cc(NS(=O)(=O)N2CCCC(CO)C2)ccn1. The average Bonchev–Trinajstić information content (AvgIpc) is 2.38. The monoisotopic (exact) mass is 285 g/mol. The number of piperidine rings is 1. The largest absolute Gasteiger partial charge is 0.396 e. The molecule has 1 aliphatic heterocycles. The lowest BCUT2D eigenvalue weighted by molar-refractivity contribution is 0.166. The zero-order valence-electron chi connectivity index (χ0n) is 10.9. The van der Waals surface area contributed by atoms with Crippen LogP contribution >= 0.6 is 0 Å². The highest BCUT2D eigenvalue weighted by Crippen LogP contribution is 2.20. The van der Waals surface area contributed by atoms with Gasteiger partial charge in [0.2, 0.25) is 0 Å². The van der Waals surface area contributed by atoms with Gasteiger partial charge in [-0.2, -0.15) is 12.7 Å². The standard InChI is InChI=1S/C12H19N3O3S/c1-10-7-12(4-5-13-10)14-19(17,18)15-6-2-3-11(8-15)9-16/h4-5,7,11,16H,2-3,6,8-9H2,1H3,(H,13,14). The Labute approximate surface area is 113 Å². The third kappa shape index (κ3) is 3.65. The van der Waals surface area contributed by atoms with Crippen LogP contribution in [-0.2, 0) is 10.2 Å². The summed E-state index contributed by atoms with van der Waals surface area (Å²) >= 11 is 0. The van der Waals surface area contributed by atoms with Gasteiger partial charge in [0.25, 0.3) is 0 Å². The van der Waals surface area contributed by atoms with E-state index < -0.39 is 10.2 Å². The second-order valence-corrected chi connectivity index (χ2v) is 6.51. The molecule has 19 heavy (non-hydrogen) atoms. The Bertz CT molecular complexity index is 533. The van der Waals surface area contributed by atoms with Gasteiger partial charge >= 0.3 is 10.2 Å². The van der Waals surface area contributed by atoms with Gasteiger partial charge in [-0.3, -0.25) is 9.71 Å².